The third-order valence-electron chi connectivity index (χ3n) is 3.91. The molecule has 3 atom stereocenters. The first-order valence-corrected chi connectivity index (χ1v) is 6.46. The molecule has 0 aromatic carbocycles. The number of nitrogens with two attached hydrogens (primary N) is 1. The second-order valence-corrected chi connectivity index (χ2v) is 5.36. The average Bonchev–Trinajstić information content (AvgIpc) is 2.97. The van der Waals surface area contributed by atoms with Crippen molar-refractivity contribution in [2.75, 3.05) is 13.2 Å². The van der Waals surface area contributed by atoms with Crippen LogP contribution in [0, 0.1) is 11.8 Å². The summed E-state index contributed by atoms with van der Waals surface area (Å²) in [7, 11) is 0. The van der Waals surface area contributed by atoms with Crippen LogP contribution in [-0.2, 0) is 4.74 Å². The van der Waals surface area contributed by atoms with Crippen molar-refractivity contribution in [3.8, 4) is 0 Å². The summed E-state index contributed by atoms with van der Waals surface area (Å²) < 4.78 is 7.63. The lowest BCUT2D eigenvalue weighted by Crippen LogP contribution is -2.26. The largest absolute Gasteiger partial charge is 0.381 e. The molecule has 2 heterocycles. The summed E-state index contributed by atoms with van der Waals surface area (Å²) in [5.41, 5.74) is 7.48. The van der Waals surface area contributed by atoms with E-state index in [0.29, 0.717) is 17.9 Å². The summed E-state index contributed by atoms with van der Waals surface area (Å²) in [6.45, 7) is 8.28. The van der Waals surface area contributed by atoms with Crippen LogP contribution in [0.4, 0.5) is 0 Å². The van der Waals surface area contributed by atoms with Crippen LogP contribution < -0.4 is 5.73 Å². The number of hydrogen-bond donors (Lipinski definition) is 1. The van der Waals surface area contributed by atoms with E-state index in [2.05, 4.69) is 30.3 Å². The smallest absolute Gasteiger partial charge is 0.0951 e. The Labute approximate surface area is 103 Å². The highest BCUT2D eigenvalue weighted by atomic mass is 16.5. The predicted molar refractivity (Wildman–Crippen MR) is 67.6 cm³/mol. The number of ether oxygens (including phenoxy) is 1. The van der Waals surface area contributed by atoms with Gasteiger partial charge in [0.15, 0.2) is 0 Å². The minimum absolute atomic E-state index is 0.0428. The molecule has 1 fully saturated rings. The lowest BCUT2D eigenvalue weighted by molar-refractivity contribution is 0.179. The topological polar surface area (TPSA) is 53.1 Å². The van der Waals surface area contributed by atoms with E-state index in [1.54, 1.807) is 0 Å². The third kappa shape index (κ3) is 2.53. The molecule has 1 aromatic heterocycles. The molecule has 2 N–H and O–H groups in total. The number of hydrogen-bond acceptors (Lipinski definition) is 3. The van der Waals surface area contributed by atoms with Crippen LogP contribution in [0.3, 0.4) is 0 Å². The Balaban J connectivity index is 2.17. The van der Waals surface area contributed by atoms with Gasteiger partial charge in [0, 0.05) is 24.8 Å². The maximum Gasteiger partial charge on any atom is 0.0951 e. The Kier molecular flexibility index (Phi) is 3.84. The monoisotopic (exact) mass is 237 g/mol. The van der Waals surface area contributed by atoms with E-state index in [-0.39, 0.29) is 6.04 Å². The molecule has 1 saturated heterocycles. The Hall–Kier alpha value is -0.870. The van der Waals surface area contributed by atoms with Gasteiger partial charge in [-0.1, -0.05) is 13.8 Å². The molecule has 2 rings (SSSR count). The van der Waals surface area contributed by atoms with E-state index in [1.165, 1.54) is 0 Å². The zero-order valence-electron chi connectivity index (χ0n) is 11.0. The van der Waals surface area contributed by atoms with Crippen molar-refractivity contribution in [3.05, 3.63) is 18.2 Å². The third-order valence-corrected chi connectivity index (χ3v) is 3.91. The van der Waals surface area contributed by atoms with Gasteiger partial charge in [-0.15, -0.1) is 0 Å². The number of nitrogens with zero attached hydrogens (tertiary/aromatic N) is 2. The van der Waals surface area contributed by atoms with Crippen molar-refractivity contribution in [1.29, 1.82) is 0 Å². The molecule has 0 spiro atoms. The fourth-order valence-electron chi connectivity index (χ4n) is 2.31. The highest BCUT2D eigenvalue weighted by molar-refractivity contribution is 5.08. The first kappa shape index (κ1) is 12.6. The van der Waals surface area contributed by atoms with Gasteiger partial charge in [0.1, 0.15) is 0 Å². The molecule has 4 heteroatoms. The number of aromatic nitrogens is 2. The van der Waals surface area contributed by atoms with Crippen molar-refractivity contribution in [2.45, 2.75) is 39.3 Å². The highest BCUT2D eigenvalue weighted by Crippen LogP contribution is 2.29. The molecule has 1 aromatic rings. The fraction of sp³-hybridized carbons (Fsp3) is 0.769. The summed E-state index contributed by atoms with van der Waals surface area (Å²) in [6.07, 6.45) is 4.86. The minimum Gasteiger partial charge on any atom is -0.381 e. The molecule has 17 heavy (non-hydrogen) atoms. The standard InChI is InChI=1S/C13H23N3O/c1-9(2)10(3)16-8-15-6-12(16)13(14)11-4-5-17-7-11/h6,8-11,13H,4-5,7,14H2,1-3H3. The second kappa shape index (κ2) is 5.19. The first-order chi connectivity index (χ1) is 8.11. The van der Waals surface area contributed by atoms with Gasteiger partial charge in [0.05, 0.1) is 24.7 Å². The molecule has 0 saturated carbocycles. The van der Waals surface area contributed by atoms with Gasteiger partial charge >= 0.3 is 0 Å². The van der Waals surface area contributed by atoms with Crippen molar-refractivity contribution >= 4 is 0 Å². The molecule has 96 valence electrons. The molecule has 0 radical (unpaired) electrons. The quantitative estimate of drug-likeness (QED) is 0.873. The lowest BCUT2D eigenvalue weighted by Gasteiger charge is -2.25. The zero-order valence-corrected chi connectivity index (χ0v) is 11.0. The summed E-state index contributed by atoms with van der Waals surface area (Å²) >= 11 is 0. The molecule has 0 amide bonds. The molecule has 1 aliphatic rings. The Morgan fingerprint density at radius 2 is 2.24 bits per heavy atom. The SMILES string of the molecule is CC(C)C(C)n1cncc1C(N)C1CCOC1. The van der Waals surface area contributed by atoms with Gasteiger partial charge < -0.3 is 15.0 Å². The van der Waals surface area contributed by atoms with Crippen LogP contribution in [0.1, 0.15) is 45.0 Å². The Morgan fingerprint density at radius 3 is 2.82 bits per heavy atom. The second-order valence-electron chi connectivity index (χ2n) is 5.36. The average molecular weight is 237 g/mol. The van der Waals surface area contributed by atoms with E-state index in [9.17, 15) is 0 Å². The van der Waals surface area contributed by atoms with Crippen molar-refractivity contribution in [2.24, 2.45) is 17.6 Å². The molecular weight excluding hydrogens is 214 g/mol. The molecular formula is C13H23N3O. The summed E-state index contributed by atoms with van der Waals surface area (Å²) in [5.74, 6) is 1.01. The van der Waals surface area contributed by atoms with Crippen LogP contribution in [-0.4, -0.2) is 22.8 Å². The van der Waals surface area contributed by atoms with Crippen molar-refractivity contribution < 1.29 is 4.74 Å². The van der Waals surface area contributed by atoms with E-state index < -0.39 is 0 Å². The summed E-state index contributed by atoms with van der Waals surface area (Å²) in [5, 5.41) is 0. The first-order valence-electron chi connectivity index (χ1n) is 6.46. The number of rotatable bonds is 4. The van der Waals surface area contributed by atoms with Gasteiger partial charge in [-0.3, -0.25) is 0 Å². The lowest BCUT2D eigenvalue weighted by atomic mass is 9.96. The molecule has 3 unspecified atom stereocenters. The van der Waals surface area contributed by atoms with Gasteiger partial charge in [-0.05, 0) is 19.3 Å². The van der Waals surface area contributed by atoms with E-state index in [4.69, 9.17) is 10.5 Å². The predicted octanol–water partition coefficient (Wildman–Crippen LogP) is 2.14. The molecule has 4 nitrogen and oxygen atoms in total. The van der Waals surface area contributed by atoms with Crippen LogP contribution in [0.5, 0.6) is 0 Å². The molecule has 0 bridgehead atoms. The minimum atomic E-state index is 0.0428. The maximum absolute atomic E-state index is 6.34. The number of imidazole rings is 1. The van der Waals surface area contributed by atoms with Crippen LogP contribution in [0.15, 0.2) is 12.5 Å². The van der Waals surface area contributed by atoms with Crippen LogP contribution in [0.25, 0.3) is 0 Å². The van der Waals surface area contributed by atoms with Crippen molar-refractivity contribution in [3.63, 3.8) is 0 Å². The van der Waals surface area contributed by atoms with Crippen molar-refractivity contribution in [1.82, 2.24) is 9.55 Å². The highest BCUT2D eigenvalue weighted by Gasteiger charge is 2.27. The fourth-order valence-corrected chi connectivity index (χ4v) is 2.31. The van der Waals surface area contributed by atoms with E-state index in [1.807, 2.05) is 12.5 Å². The maximum atomic E-state index is 6.34. The van der Waals surface area contributed by atoms with Gasteiger partial charge in [0.25, 0.3) is 0 Å². The normalized spacial score (nSPS) is 24.2. The molecule has 0 aliphatic carbocycles. The van der Waals surface area contributed by atoms with Gasteiger partial charge in [0.2, 0.25) is 0 Å². The van der Waals surface area contributed by atoms with E-state index in [0.717, 1.165) is 25.3 Å². The summed E-state index contributed by atoms with van der Waals surface area (Å²) in [6, 6.07) is 0.474. The van der Waals surface area contributed by atoms with E-state index >= 15 is 0 Å². The Morgan fingerprint density at radius 1 is 1.47 bits per heavy atom. The Bertz CT molecular complexity index is 355. The van der Waals surface area contributed by atoms with Crippen LogP contribution in [0.2, 0.25) is 0 Å². The van der Waals surface area contributed by atoms with Crippen LogP contribution >= 0.6 is 0 Å². The van der Waals surface area contributed by atoms with Gasteiger partial charge in [-0.2, -0.15) is 0 Å². The summed E-state index contributed by atoms with van der Waals surface area (Å²) in [4.78, 5) is 4.26. The molecule has 1 aliphatic heterocycles. The zero-order chi connectivity index (χ0) is 12.4. The van der Waals surface area contributed by atoms with Gasteiger partial charge in [-0.25, -0.2) is 4.98 Å².